The van der Waals surface area contributed by atoms with E-state index in [1.165, 1.54) is 24.3 Å². The summed E-state index contributed by atoms with van der Waals surface area (Å²) in [6, 6.07) is 10.0. The van der Waals surface area contributed by atoms with Crippen molar-refractivity contribution in [2.45, 2.75) is 32.7 Å². The Morgan fingerprint density at radius 2 is 1.75 bits per heavy atom. The average Bonchev–Trinajstić information content (AvgIpc) is 2.62. The fourth-order valence-corrected chi connectivity index (χ4v) is 3.21. The van der Waals surface area contributed by atoms with Crippen LogP contribution in [0.5, 0.6) is 0 Å². The molecule has 0 fully saturated rings. The molecule has 1 atom stereocenters. The minimum Gasteiger partial charge on any atom is -0.354 e. The summed E-state index contributed by atoms with van der Waals surface area (Å²) >= 11 is 11.9. The summed E-state index contributed by atoms with van der Waals surface area (Å²) in [6.45, 7) is 4.33. The Balaban J connectivity index is 1.98. The smallest absolute Gasteiger partial charge is 0.253 e. The normalized spacial score (nSPS) is 11.9. The number of carbonyl (C=O) groups is 2. The highest BCUT2D eigenvalue weighted by Gasteiger charge is 2.23. The van der Waals surface area contributed by atoms with Crippen LogP contribution in [0.15, 0.2) is 42.5 Å². The fraction of sp³-hybridized carbons (Fsp3) is 0.333. The molecule has 2 N–H and O–H groups in total. The van der Waals surface area contributed by atoms with E-state index in [1.54, 1.807) is 18.2 Å². The molecule has 0 saturated carbocycles. The van der Waals surface area contributed by atoms with Gasteiger partial charge in [-0.3, -0.25) is 9.59 Å². The van der Waals surface area contributed by atoms with E-state index in [0.717, 1.165) is 5.56 Å². The van der Waals surface area contributed by atoms with Gasteiger partial charge in [-0.1, -0.05) is 49.2 Å². The zero-order valence-electron chi connectivity index (χ0n) is 15.8. The van der Waals surface area contributed by atoms with Crippen molar-refractivity contribution in [1.82, 2.24) is 10.6 Å². The zero-order chi connectivity index (χ0) is 20.7. The van der Waals surface area contributed by atoms with Crippen LogP contribution in [0.4, 0.5) is 4.39 Å². The van der Waals surface area contributed by atoms with E-state index in [0.29, 0.717) is 24.4 Å². The van der Waals surface area contributed by atoms with Gasteiger partial charge in [-0.25, -0.2) is 4.39 Å². The van der Waals surface area contributed by atoms with Crippen LogP contribution in [0.3, 0.4) is 0 Å². The van der Waals surface area contributed by atoms with Gasteiger partial charge < -0.3 is 10.6 Å². The molecule has 0 aliphatic carbocycles. The largest absolute Gasteiger partial charge is 0.354 e. The molecule has 0 heterocycles. The van der Waals surface area contributed by atoms with Crippen LogP contribution in [0, 0.1) is 11.7 Å². The second-order valence-electron chi connectivity index (χ2n) is 6.95. The summed E-state index contributed by atoms with van der Waals surface area (Å²) in [5.74, 6) is -0.794. The molecule has 2 aromatic carbocycles. The first kappa shape index (κ1) is 22.2. The van der Waals surface area contributed by atoms with Crippen molar-refractivity contribution >= 4 is 35.0 Å². The number of benzene rings is 2. The van der Waals surface area contributed by atoms with E-state index in [2.05, 4.69) is 10.6 Å². The lowest BCUT2D eigenvalue weighted by Crippen LogP contribution is -2.47. The molecule has 0 radical (unpaired) electrons. The first-order valence-electron chi connectivity index (χ1n) is 9.04. The number of amides is 2. The summed E-state index contributed by atoms with van der Waals surface area (Å²) in [6.07, 6.45) is 1.05. The highest BCUT2D eigenvalue weighted by molar-refractivity contribution is 6.36. The van der Waals surface area contributed by atoms with Crippen LogP contribution in [-0.2, 0) is 11.2 Å². The van der Waals surface area contributed by atoms with Crippen LogP contribution in [0.25, 0.3) is 0 Å². The molecule has 0 aromatic heterocycles. The zero-order valence-corrected chi connectivity index (χ0v) is 17.3. The first-order chi connectivity index (χ1) is 13.3. The number of nitrogens with one attached hydrogen (secondary N) is 2. The maximum absolute atomic E-state index is 12.9. The van der Waals surface area contributed by atoms with Crippen LogP contribution in [0.1, 0.15) is 36.2 Å². The van der Waals surface area contributed by atoms with Gasteiger partial charge in [-0.05, 0) is 54.7 Å². The molecule has 2 aromatic rings. The summed E-state index contributed by atoms with van der Waals surface area (Å²) in [4.78, 5) is 25.1. The Kier molecular flexibility index (Phi) is 8.27. The lowest BCUT2D eigenvalue weighted by atomic mass is 10.0. The maximum atomic E-state index is 12.9. The highest BCUT2D eigenvalue weighted by Crippen LogP contribution is 2.21. The van der Waals surface area contributed by atoms with Crippen molar-refractivity contribution in [1.29, 1.82) is 0 Å². The Labute approximate surface area is 174 Å². The maximum Gasteiger partial charge on any atom is 0.253 e. The van der Waals surface area contributed by atoms with Crippen LogP contribution >= 0.6 is 23.2 Å². The monoisotopic (exact) mass is 424 g/mol. The summed E-state index contributed by atoms with van der Waals surface area (Å²) in [5, 5.41) is 6.24. The second kappa shape index (κ2) is 10.4. The predicted molar refractivity (Wildman–Crippen MR) is 110 cm³/mol. The molecule has 28 heavy (non-hydrogen) atoms. The van der Waals surface area contributed by atoms with Gasteiger partial charge in [-0.2, -0.15) is 0 Å². The van der Waals surface area contributed by atoms with Gasteiger partial charge in [0, 0.05) is 11.6 Å². The third kappa shape index (κ3) is 6.80. The van der Waals surface area contributed by atoms with E-state index in [1.807, 2.05) is 13.8 Å². The van der Waals surface area contributed by atoms with Crippen molar-refractivity contribution in [2.24, 2.45) is 5.92 Å². The van der Waals surface area contributed by atoms with Crippen molar-refractivity contribution in [3.8, 4) is 0 Å². The van der Waals surface area contributed by atoms with Gasteiger partial charge in [0.2, 0.25) is 5.91 Å². The topological polar surface area (TPSA) is 58.2 Å². The molecule has 0 saturated heterocycles. The Bertz CT molecular complexity index is 826. The lowest BCUT2D eigenvalue weighted by Gasteiger charge is -2.20. The molecule has 7 heteroatoms. The molecule has 4 nitrogen and oxygen atoms in total. The van der Waals surface area contributed by atoms with Gasteiger partial charge in [0.1, 0.15) is 11.9 Å². The van der Waals surface area contributed by atoms with Crippen LogP contribution in [0.2, 0.25) is 10.0 Å². The molecule has 0 bridgehead atoms. The van der Waals surface area contributed by atoms with Crippen molar-refractivity contribution in [2.75, 3.05) is 6.54 Å². The number of carbonyl (C=O) groups excluding carboxylic acids is 2. The third-order valence-electron chi connectivity index (χ3n) is 4.13. The Morgan fingerprint density at radius 1 is 1.07 bits per heavy atom. The van der Waals surface area contributed by atoms with E-state index in [-0.39, 0.29) is 28.2 Å². The highest BCUT2D eigenvalue weighted by atomic mass is 35.5. The molecule has 0 aliphatic heterocycles. The average molecular weight is 425 g/mol. The summed E-state index contributed by atoms with van der Waals surface area (Å²) < 4.78 is 12.9. The summed E-state index contributed by atoms with van der Waals surface area (Å²) in [5.41, 5.74) is 1.18. The number of hydrogen-bond donors (Lipinski definition) is 2. The number of halogens is 3. The molecule has 2 rings (SSSR count). The van der Waals surface area contributed by atoms with E-state index < -0.39 is 11.9 Å². The van der Waals surface area contributed by atoms with Crippen molar-refractivity contribution < 1.29 is 14.0 Å². The fourth-order valence-electron chi connectivity index (χ4n) is 2.72. The van der Waals surface area contributed by atoms with Crippen LogP contribution < -0.4 is 10.6 Å². The van der Waals surface area contributed by atoms with Gasteiger partial charge in [0.05, 0.1) is 10.6 Å². The molecular formula is C21H23Cl2FN2O2. The number of hydrogen-bond acceptors (Lipinski definition) is 2. The third-order valence-corrected chi connectivity index (χ3v) is 4.68. The summed E-state index contributed by atoms with van der Waals surface area (Å²) in [7, 11) is 0. The Hall–Kier alpha value is -2.11. The second-order valence-corrected chi connectivity index (χ2v) is 7.79. The van der Waals surface area contributed by atoms with Crippen LogP contribution in [-0.4, -0.2) is 24.4 Å². The minimum atomic E-state index is -0.688. The molecule has 0 spiro atoms. The van der Waals surface area contributed by atoms with Gasteiger partial charge in [0.15, 0.2) is 0 Å². The molecule has 0 aliphatic rings. The minimum absolute atomic E-state index is 0.203. The van der Waals surface area contributed by atoms with E-state index in [9.17, 15) is 14.0 Å². The molecule has 2 amide bonds. The molecule has 150 valence electrons. The quantitative estimate of drug-likeness (QED) is 0.648. The number of rotatable bonds is 8. The van der Waals surface area contributed by atoms with Crippen molar-refractivity contribution in [3.05, 3.63) is 69.5 Å². The Morgan fingerprint density at radius 3 is 2.36 bits per heavy atom. The first-order valence-corrected chi connectivity index (χ1v) is 9.80. The van der Waals surface area contributed by atoms with Gasteiger partial charge in [0.25, 0.3) is 5.91 Å². The van der Waals surface area contributed by atoms with Gasteiger partial charge >= 0.3 is 0 Å². The van der Waals surface area contributed by atoms with Crippen molar-refractivity contribution in [3.63, 3.8) is 0 Å². The predicted octanol–water partition coefficient (Wildman–Crippen LogP) is 4.64. The molecule has 1 unspecified atom stereocenters. The SMILES string of the molecule is CC(C)CC(NC(=O)c1ccc(Cl)cc1Cl)C(=O)NCCc1ccc(F)cc1. The van der Waals surface area contributed by atoms with E-state index in [4.69, 9.17) is 23.2 Å². The lowest BCUT2D eigenvalue weighted by molar-refractivity contribution is -0.123. The van der Waals surface area contributed by atoms with Gasteiger partial charge in [-0.15, -0.1) is 0 Å². The standard InChI is InChI=1S/C21H23Cl2FN2O2/c1-13(2)11-19(26-20(27)17-8-5-15(22)12-18(17)23)21(28)25-10-9-14-3-6-16(24)7-4-14/h3-8,12-13,19H,9-11H2,1-2H3,(H,25,28)(H,26,27). The molecular weight excluding hydrogens is 402 g/mol. The van der Waals surface area contributed by atoms with E-state index >= 15 is 0 Å².